The van der Waals surface area contributed by atoms with Gasteiger partial charge in [-0.25, -0.2) is 0 Å². The molecular formula is C12H13BrClNO2. The normalized spacial score (nSPS) is 23.7. The van der Waals surface area contributed by atoms with Gasteiger partial charge in [-0.1, -0.05) is 24.6 Å². The maximum Gasteiger partial charge on any atom is 0.253 e. The van der Waals surface area contributed by atoms with Crippen molar-refractivity contribution >= 4 is 39.1 Å². The molecule has 0 saturated carbocycles. The Kier molecular flexibility index (Phi) is 4.07. The van der Waals surface area contributed by atoms with Gasteiger partial charge >= 0.3 is 0 Å². The highest BCUT2D eigenvalue weighted by Gasteiger charge is 2.31. The molecule has 1 heterocycles. The van der Waals surface area contributed by atoms with Crippen LogP contribution in [0.1, 0.15) is 13.3 Å². The van der Waals surface area contributed by atoms with Gasteiger partial charge in [0.05, 0.1) is 15.2 Å². The Balaban J connectivity index is 2.10. The third kappa shape index (κ3) is 2.81. The first-order valence-corrected chi connectivity index (χ1v) is 6.63. The SMILES string of the molecule is C[C@@H]1CCO[C@@H]1C(=O)Nc1cccc(Cl)c1Br. The van der Waals surface area contributed by atoms with Crippen LogP contribution in [0, 0.1) is 5.92 Å². The number of ether oxygens (including phenoxy) is 1. The number of carbonyl (C=O) groups excluding carboxylic acids is 1. The molecule has 1 fully saturated rings. The van der Waals surface area contributed by atoms with Crippen LogP contribution in [0.4, 0.5) is 5.69 Å². The van der Waals surface area contributed by atoms with Crippen molar-refractivity contribution in [2.75, 3.05) is 11.9 Å². The van der Waals surface area contributed by atoms with Gasteiger partial charge < -0.3 is 10.1 Å². The number of halogens is 2. The number of nitrogens with one attached hydrogen (secondary N) is 1. The van der Waals surface area contributed by atoms with Crippen molar-refractivity contribution in [1.82, 2.24) is 0 Å². The maximum atomic E-state index is 12.0. The van der Waals surface area contributed by atoms with Crippen molar-refractivity contribution in [2.24, 2.45) is 5.92 Å². The Morgan fingerprint density at radius 2 is 2.35 bits per heavy atom. The van der Waals surface area contributed by atoms with Crippen LogP contribution in [0.25, 0.3) is 0 Å². The summed E-state index contributed by atoms with van der Waals surface area (Å²) in [4.78, 5) is 12.0. The van der Waals surface area contributed by atoms with Gasteiger partial charge in [-0.15, -0.1) is 0 Å². The summed E-state index contributed by atoms with van der Waals surface area (Å²) in [5.41, 5.74) is 0.671. The highest BCUT2D eigenvalue weighted by Crippen LogP contribution is 2.31. The third-order valence-electron chi connectivity index (χ3n) is 2.86. The first-order valence-electron chi connectivity index (χ1n) is 5.46. The van der Waals surface area contributed by atoms with Crippen molar-refractivity contribution < 1.29 is 9.53 Å². The van der Waals surface area contributed by atoms with Crippen LogP contribution in [0.2, 0.25) is 5.02 Å². The Labute approximate surface area is 114 Å². The summed E-state index contributed by atoms with van der Waals surface area (Å²) in [5.74, 6) is 0.144. The highest BCUT2D eigenvalue weighted by atomic mass is 79.9. The minimum atomic E-state index is -0.360. The summed E-state index contributed by atoms with van der Waals surface area (Å²) >= 11 is 9.30. The average molecular weight is 319 g/mol. The second-order valence-electron chi connectivity index (χ2n) is 4.15. The predicted octanol–water partition coefficient (Wildman–Crippen LogP) is 3.47. The minimum Gasteiger partial charge on any atom is -0.368 e. The fraction of sp³-hybridized carbons (Fsp3) is 0.417. The number of amides is 1. The predicted molar refractivity (Wildman–Crippen MR) is 71.3 cm³/mol. The standard InChI is InChI=1S/C12H13BrClNO2/c1-7-5-6-17-11(7)12(16)15-9-4-2-3-8(14)10(9)13/h2-4,7,11H,5-6H2,1H3,(H,15,16)/t7-,11+/m1/s1. The Hall–Kier alpha value is -0.580. The quantitative estimate of drug-likeness (QED) is 0.907. The van der Waals surface area contributed by atoms with Crippen molar-refractivity contribution in [3.8, 4) is 0 Å². The molecule has 1 aromatic carbocycles. The van der Waals surface area contributed by atoms with Crippen LogP contribution in [0.5, 0.6) is 0 Å². The van der Waals surface area contributed by atoms with E-state index in [1.54, 1.807) is 18.2 Å². The van der Waals surface area contributed by atoms with Crippen molar-refractivity contribution in [2.45, 2.75) is 19.4 Å². The first kappa shape index (κ1) is 12.9. The summed E-state index contributed by atoms with van der Waals surface area (Å²) in [5, 5.41) is 3.40. The molecule has 0 unspecified atom stereocenters. The first-order chi connectivity index (χ1) is 8.09. The molecule has 3 nitrogen and oxygen atoms in total. The Morgan fingerprint density at radius 1 is 1.59 bits per heavy atom. The van der Waals surface area contributed by atoms with Crippen LogP contribution in [-0.2, 0) is 9.53 Å². The molecule has 92 valence electrons. The summed E-state index contributed by atoms with van der Waals surface area (Å²) in [6, 6.07) is 5.35. The Bertz CT molecular complexity index is 439. The lowest BCUT2D eigenvalue weighted by Crippen LogP contribution is -2.31. The lowest BCUT2D eigenvalue weighted by Gasteiger charge is -2.15. The lowest BCUT2D eigenvalue weighted by atomic mass is 10.0. The summed E-state index contributed by atoms with van der Waals surface area (Å²) < 4.78 is 6.10. The molecule has 1 amide bonds. The van der Waals surface area contributed by atoms with E-state index in [1.807, 2.05) is 6.92 Å². The monoisotopic (exact) mass is 317 g/mol. The molecular weight excluding hydrogens is 305 g/mol. The largest absolute Gasteiger partial charge is 0.368 e. The van der Waals surface area contributed by atoms with Gasteiger partial charge in [0.25, 0.3) is 5.91 Å². The molecule has 1 saturated heterocycles. The molecule has 0 radical (unpaired) electrons. The number of rotatable bonds is 2. The van der Waals surface area contributed by atoms with E-state index in [0.29, 0.717) is 21.8 Å². The maximum absolute atomic E-state index is 12.0. The van der Waals surface area contributed by atoms with E-state index < -0.39 is 0 Å². The highest BCUT2D eigenvalue weighted by molar-refractivity contribution is 9.10. The minimum absolute atomic E-state index is 0.113. The average Bonchev–Trinajstić information content (AvgIpc) is 2.71. The van der Waals surface area contributed by atoms with Crippen molar-refractivity contribution in [1.29, 1.82) is 0 Å². The lowest BCUT2D eigenvalue weighted by molar-refractivity contribution is -0.126. The second kappa shape index (κ2) is 5.38. The van der Waals surface area contributed by atoms with Crippen molar-refractivity contribution in [3.63, 3.8) is 0 Å². The molecule has 2 atom stereocenters. The smallest absolute Gasteiger partial charge is 0.253 e. The molecule has 17 heavy (non-hydrogen) atoms. The van der Waals surface area contributed by atoms with E-state index in [-0.39, 0.29) is 17.9 Å². The Morgan fingerprint density at radius 3 is 3.00 bits per heavy atom. The van der Waals surface area contributed by atoms with Crippen LogP contribution in [0.3, 0.4) is 0 Å². The van der Waals surface area contributed by atoms with E-state index >= 15 is 0 Å². The van der Waals surface area contributed by atoms with E-state index in [2.05, 4.69) is 21.2 Å². The molecule has 5 heteroatoms. The summed E-state index contributed by atoms with van der Waals surface area (Å²) in [7, 11) is 0. The molecule has 2 rings (SSSR count). The number of benzene rings is 1. The molecule has 0 bridgehead atoms. The zero-order valence-corrected chi connectivity index (χ0v) is 11.7. The molecule has 0 aromatic heterocycles. The second-order valence-corrected chi connectivity index (χ2v) is 5.35. The fourth-order valence-electron chi connectivity index (χ4n) is 1.83. The topological polar surface area (TPSA) is 38.3 Å². The number of anilines is 1. The number of carbonyl (C=O) groups is 1. The number of hydrogen-bond acceptors (Lipinski definition) is 2. The molecule has 0 aliphatic carbocycles. The molecule has 1 N–H and O–H groups in total. The van der Waals surface area contributed by atoms with Crippen LogP contribution >= 0.6 is 27.5 Å². The van der Waals surface area contributed by atoms with E-state index in [9.17, 15) is 4.79 Å². The van der Waals surface area contributed by atoms with E-state index in [4.69, 9.17) is 16.3 Å². The zero-order valence-electron chi connectivity index (χ0n) is 9.37. The molecule has 0 spiro atoms. The zero-order chi connectivity index (χ0) is 12.4. The summed E-state index contributed by atoms with van der Waals surface area (Å²) in [6.45, 7) is 2.67. The van der Waals surface area contributed by atoms with E-state index in [0.717, 1.165) is 6.42 Å². The fourth-order valence-corrected chi connectivity index (χ4v) is 2.37. The molecule has 1 aliphatic heterocycles. The number of hydrogen-bond donors (Lipinski definition) is 1. The van der Waals surface area contributed by atoms with Gasteiger partial charge in [0, 0.05) is 6.61 Å². The van der Waals surface area contributed by atoms with E-state index in [1.165, 1.54) is 0 Å². The van der Waals surface area contributed by atoms with Crippen LogP contribution < -0.4 is 5.32 Å². The van der Waals surface area contributed by atoms with Gasteiger partial charge in [0.2, 0.25) is 0 Å². The van der Waals surface area contributed by atoms with Gasteiger partial charge in [-0.2, -0.15) is 0 Å². The van der Waals surface area contributed by atoms with Crippen molar-refractivity contribution in [3.05, 3.63) is 27.7 Å². The van der Waals surface area contributed by atoms with Crippen LogP contribution in [0.15, 0.2) is 22.7 Å². The summed E-state index contributed by atoms with van der Waals surface area (Å²) in [6.07, 6.45) is 0.565. The van der Waals surface area contributed by atoms with Gasteiger partial charge in [-0.05, 0) is 40.4 Å². The molecule has 1 aliphatic rings. The van der Waals surface area contributed by atoms with Crippen LogP contribution in [-0.4, -0.2) is 18.6 Å². The van der Waals surface area contributed by atoms with Gasteiger partial charge in [0.1, 0.15) is 6.10 Å². The molecule has 1 aromatic rings. The third-order valence-corrected chi connectivity index (χ3v) is 4.25. The van der Waals surface area contributed by atoms with Gasteiger partial charge in [0.15, 0.2) is 0 Å². The van der Waals surface area contributed by atoms with Gasteiger partial charge in [-0.3, -0.25) is 4.79 Å².